The molecule has 0 aromatic carbocycles. The summed E-state index contributed by atoms with van der Waals surface area (Å²) in [6, 6.07) is 0.0905. The van der Waals surface area contributed by atoms with E-state index in [1.54, 1.807) is 28.9 Å². The molecule has 2 aromatic heterocycles. The molecule has 1 aliphatic rings. The molecule has 3 heterocycles. The summed E-state index contributed by atoms with van der Waals surface area (Å²) >= 11 is 0. The summed E-state index contributed by atoms with van der Waals surface area (Å²) in [5.74, 6) is 0.723. The van der Waals surface area contributed by atoms with Crippen molar-refractivity contribution < 1.29 is 9.53 Å². The van der Waals surface area contributed by atoms with Crippen LogP contribution in [0.5, 0.6) is 0 Å². The molecular weight excluding hydrogens is 286 g/mol. The summed E-state index contributed by atoms with van der Waals surface area (Å²) in [4.78, 5) is 20.0. The van der Waals surface area contributed by atoms with Crippen molar-refractivity contribution >= 4 is 17.6 Å². The van der Waals surface area contributed by atoms with Crippen LogP contribution in [0.25, 0.3) is 5.65 Å². The Labute approximate surface area is 127 Å². The van der Waals surface area contributed by atoms with Crippen LogP contribution >= 0.6 is 0 Å². The predicted molar refractivity (Wildman–Crippen MR) is 78.6 cm³/mol. The molecule has 0 aliphatic carbocycles. The van der Waals surface area contributed by atoms with Crippen molar-refractivity contribution in [3.8, 4) is 0 Å². The van der Waals surface area contributed by atoms with Crippen molar-refractivity contribution in [2.24, 2.45) is 0 Å². The standard InChI is InChI=1S/C13H19N7O2/c1-13(2,3)22-12(21)18(4)9-7-19(8-9)10-11-15-16-17-20(11)6-5-14-10/h5-6,9H,7-8H2,1-4H3. The van der Waals surface area contributed by atoms with E-state index in [0.29, 0.717) is 18.7 Å². The lowest BCUT2D eigenvalue weighted by Crippen LogP contribution is -2.60. The number of amides is 1. The zero-order valence-electron chi connectivity index (χ0n) is 13.1. The van der Waals surface area contributed by atoms with Crippen LogP contribution < -0.4 is 4.90 Å². The van der Waals surface area contributed by atoms with Gasteiger partial charge < -0.3 is 14.5 Å². The fourth-order valence-electron chi connectivity index (χ4n) is 2.25. The molecular formula is C13H19N7O2. The third-order valence-corrected chi connectivity index (χ3v) is 3.49. The number of carbonyl (C=O) groups excluding carboxylic acids is 1. The van der Waals surface area contributed by atoms with Gasteiger partial charge in [0.2, 0.25) is 5.65 Å². The highest BCUT2D eigenvalue weighted by molar-refractivity contribution is 5.70. The molecule has 0 unspecified atom stereocenters. The van der Waals surface area contributed by atoms with E-state index in [1.165, 1.54) is 0 Å². The molecule has 0 bridgehead atoms. The van der Waals surface area contributed by atoms with Crippen molar-refractivity contribution in [2.75, 3.05) is 25.0 Å². The maximum absolute atomic E-state index is 12.0. The molecule has 118 valence electrons. The third kappa shape index (κ3) is 2.66. The number of nitrogens with zero attached hydrogens (tertiary/aromatic N) is 7. The maximum atomic E-state index is 12.0. The average molecular weight is 305 g/mol. The second-order valence-electron chi connectivity index (χ2n) is 6.35. The minimum absolute atomic E-state index is 0.0905. The summed E-state index contributed by atoms with van der Waals surface area (Å²) < 4.78 is 6.95. The molecule has 0 radical (unpaired) electrons. The van der Waals surface area contributed by atoms with Gasteiger partial charge in [0.1, 0.15) is 5.60 Å². The molecule has 1 saturated heterocycles. The van der Waals surface area contributed by atoms with E-state index in [0.717, 1.165) is 5.82 Å². The minimum atomic E-state index is -0.491. The maximum Gasteiger partial charge on any atom is 0.410 e. The number of fused-ring (bicyclic) bond motifs is 1. The molecule has 1 aliphatic heterocycles. The Morgan fingerprint density at radius 1 is 1.41 bits per heavy atom. The van der Waals surface area contributed by atoms with Gasteiger partial charge in [-0.3, -0.25) is 0 Å². The number of likely N-dealkylation sites (N-methyl/N-ethyl adjacent to an activating group) is 1. The van der Waals surface area contributed by atoms with Crippen LogP contribution in [0.4, 0.5) is 10.6 Å². The second kappa shape index (κ2) is 5.08. The minimum Gasteiger partial charge on any atom is -0.444 e. The molecule has 0 N–H and O–H groups in total. The average Bonchev–Trinajstić information content (AvgIpc) is 2.83. The van der Waals surface area contributed by atoms with Crippen LogP contribution in [0.3, 0.4) is 0 Å². The molecule has 0 spiro atoms. The van der Waals surface area contributed by atoms with Crippen molar-refractivity contribution in [3.63, 3.8) is 0 Å². The SMILES string of the molecule is CN(C(=O)OC(C)(C)C)C1CN(c2nccn3nnnc23)C1. The molecule has 2 aromatic rings. The van der Waals surface area contributed by atoms with Crippen LogP contribution in [0, 0.1) is 0 Å². The Balaban J connectivity index is 1.64. The molecule has 1 amide bonds. The number of hydrogen-bond acceptors (Lipinski definition) is 7. The number of aromatic nitrogens is 5. The van der Waals surface area contributed by atoms with E-state index in [9.17, 15) is 4.79 Å². The van der Waals surface area contributed by atoms with E-state index in [1.807, 2.05) is 25.7 Å². The Morgan fingerprint density at radius 3 is 2.82 bits per heavy atom. The van der Waals surface area contributed by atoms with E-state index in [4.69, 9.17) is 4.74 Å². The number of anilines is 1. The van der Waals surface area contributed by atoms with E-state index in [-0.39, 0.29) is 12.1 Å². The van der Waals surface area contributed by atoms with Crippen molar-refractivity contribution in [1.82, 2.24) is 29.9 Å². The van der Waals surface area contributed by atoms with Gasteiger partial charge in [0, 0.05) is 26.3 Å². The largest absolute Gasteiger partial charge is 0.444 e. The quantitative estimate of drug-likeness (QED) is 0.801. The van der Waals surface area contributed by atoms with Crippen LogP contribution in [0.1, 0.15) is 20.8 Å². The first-order chi connectivity index (χ1) is 10.3. The molecule has 22 heavy (non-hydrogen) atoms. The van der Waals surface area contributed by atoms with Crippen LogP contribution in [0.15, 0.2) is 12.4 Å². The Morgan fingerprint density at radius 2 is 2.14 bits per heavy atom. The van der Waals surface area contributed by atoms with Gasteiger partial charge in [-0.05, 0) is 31.2 Å². The summed E-state index contributed by atoms with van der Waals surface area (Å²) in [7, 11) is 1.75. The number of hydrogen-bond donors (Lipinski definition) is 0. The Bertz CT molecular complexity index is 687. The zero-order chi connectivity index (χ0) is 15.9. The lowest BCUT2D eigenvalue weighted by molar-refractivity contribution is 0.0196. The van der Waals surface area contributed by atoms with E-state index in [2.05, 4.69) is 20.5 Å². The van der Waals surface area contributed by atoms with Gasteiger partial charge in [0.25, 0.3) is 0 Å². The monoisotopic (exact) mass is 305 g/mol. The molecule has 1 fully saturated rings. The van der Waals surface area contributed by atoms with Gasteiger partial charge in [-0.1, -0.05) is 0 Å². The second-order valence-corrected chi connectivity index (χ2v) is 6.35. The van der Waals surface area contributed by atoms with E-state index >= 15 is 0 Å². The fraction of sp³-hybridized carbons (Fsp3) is 0.615. The summed E-state index contributed by atoms with van der Waals surface area (Å²) in [6.07, 6.45) is 3.04. The first-order valence-electron chi connectivity index (χ1n) is 7.08. The highest BCUT2D eigenvalue weighted by Crippen LogP contribution is 2.24. The zero-order valence-corrected chi connectivity index (χ0v) is 13.1. The molecule has 3 rings (SSSR count). The lowest BCUT2D eigenvalue weighted by atomic mass is 10.1. The highest BCUT2D eigenvalue weighted by atomic mass is 16.6. The first kappa shape index (κ1) is 14.5. The number of rotatable bonds is 2. The number of carbonyl (C=O) groups is 1. The van der Waals surface area contributed by atoms with Gasteiger partial charge >= 0.3 is 6.09 Å². The van der Waals surface area contributed by atoms with Crippen LogP contribution in [-0.2, 0) is 4.74 Å². The normalized spacial score (nSPS) is 15.7. The highest BCUT2D eigenvalue weighted by Gasteiger charge is 2.36. The first-order valence-corrected chi connectivity index (χ1v) is 7.08. The molecule has 0 atom stereocenters. The van der Waals surface area contributed by atoms with Crippen LogP contribution in [0.2, 0.25) is 0 Å². The lowest BCUT2D eigenvalue weighted by Gasteiger charge is -2.44. The van der Waals surface area contributed by atoms with E-state index < -0.39 is 5.60 Å². The van der Waals surface area contributed by atoms with Crippen molar-refractivity contribution in [2.45, 2.75) is 32.4 Å². The third-order valence-electron chi connectivity index (χ3n) is 3.49. The summed E-state index contributed by atoms with van der Waals surface area (Å²) in [5.41, 5.74) is 0.121. The summed E-state index contributed by atoms with van der Waals surface area (Å²) in [5, 5.41) is 11.5. The van der Waals surface area contributed by atoms with Gasteiger partial charge in [0.15, 0.2) is 5.82 Å². The van der Waals surface area contributed by atoms with Crippen molar-refractivity contribution in [3.05, 3.63) is 12.4 Å². The van der Waals surface area contributed by atoms with Gasteiger partial charge in [-0.2, -0.15) is 4.52 Å². The van der Waals surface area contributed by atoms with Crippen LogP contribution in [-0.4, -0.2) is 67.8 Å². The predicted octanol–water partition coefficient (Wildman–Crippen LogP) is 0.575. The Kier molecular flexibility index (Phi) is 3.34. The topological polar surface area (TPSA) is 88.8 Å². The Hall–Kier alpha value is -2.45. The molecule has 0 saturated carbocycles. The van der Waals surface area contributed by atoms with Crippen molar-refractivity contribution in [1.29, 1.82) is 0 Å². The summed E-state index contributed by atoms with van der Waals surface area (Å²) in [6.45, 7) is 6.92. The molecule has 9 nitrogen and oxygen atoms in total. The smallest absolute Gasteiger partial charge is 0.410 e. The van der Waals surface area contributed by atoms with Gasteiger partial charge in [-0.25, -0.2) is 9.78 Å². The van der Waals surface area contributed by atoms with Gasteiger partial charge in [-0.15, -0.1) is 5.10 Å². The number of tetrazole rings is 1. The number of ether oxygens (including phenoxy) is 1. The molecule has 9 heteroatoms. The van der Waals surface area contributed by atoms with Gasteiger partial charge in [0.05, 0.1) is 12.2 Å². The fourth-order valence-corrected chi connectivity index (χ4v) is 2.25.